The van der Waals surface area contributed by atoms with Crippen LogP contribution in [0.1, 0.15) is 12.8 Å². The van der Waals surface area contributed by atoms with Crippen molar-refractivity contribution in [2.24, 2.45) is 0 Å². The smallest absolute Gasteiger partial charge is 0.245 e. The van der Waals surface area contributed by atoms with Crippen molar-refractivity contribution in [3.05, 3.63) is 66.7 Å². The number of thiol groups is 1. The number of thiocarbonyl (C=S) groups is 1. The average molecular weight is 469 g/mol. The van der Waals surface area contributed by atoms with Crippen molar-refractivity contribution in [3.8, 4) is 5.75 Å². The summed E-state index contributed by atoms with van der Waals surface area (Å²) in [4.78, 5) is 24.2. The highest BCUT2D eigenvalue weighted by Gasteiger charge is 2.14. The molecule has 1 amide bonds. The number of hydrogen-bond donors (Lipinski definition) is 5. The van der Waals surface area contributed by atoms with Crippen molar-refractivity contribution in [1.82, 2.24) is 10.9 Å². The molecule has 0 aliphatic rings. The van der Waals surface area contributed by atoms with Crippen molar-refractivity contribution < 1.29 is 14.3 Å². The third-order valence-electron chi connectivity index (χ3n) is 4.52. The van der Waals surface area contributed by atoms with Gasteiger partial charge in [-0.25, -0.2) is 0 Å². The lowest BCUT2D eigenvalue weighted by molar-refractivity contribution is -0.128. The second kappa shape index (κ2) is 11.4. The average Bonchev–Trinajstić information content (AvgIpc) is 2.78. The molecule has 0 aromatic heterocycles. The van der Waals surface area contributed by atoms with Gasteiger partial charge in [0.05, 0.1) is 18.9 Å². The number of fused-ring (bicyclic) bond motifs is 1. The Balaban J connectivity index is 1.39. The number of nitrogens with one attached hydrogen (secondary N) is 4. The van der Waals surface area contributed by atoms with Gasteiger partial charge in [0, 0.05) is 17.8 Å². The predicted octanol–water partition coefficient (Wildman–Crippen LogP) is 3.88. The highest BCUT2D eigenvalue weighted by atomic mass is 32.1. The van der Waals surface area contributed by atoms with Crippen molar-refractivity contribution in [3.63, 3.8) is 0 Å². The Morgan fingerprint density at radius 1 is 0.969 bits per heavy atom. The topological polar surface area (TPSA) is 91.5 Å². The van der Waals surface area contributed by atoms with E-state index in [1.54, 1.807) is 19.2 Å². The molecule has 0 spiro atoms. The van der Waals surface area contributed by atoms with Crippen LogP contribution in [-0.2, 0) is 9.59 Å². The number of ketones is 1. The number of hydrogen-bond acceptors (Lipinski definition) is 6. The summed E-state index contributed by atoms with van der Waals surface area (Å²) < 4.78 is 5.11. The van der Waals surface area contributed by atoms with E-state index < -0.39 is 11.3 Å². The van der Waals surface area contributed by atoms with Crippen LogP contribution in [0.2, 0.25) is 0 Å². The van der Waals surface area contributed by atoms with Gasteiger partial charge in [-0.3, -0.25) is 20.4 Å². The first-order valence-electron chi connectivity index (χ1n) is 9.88. The third kappa shape index (κ3) is 7.14. The molecule has 0 radical (unpaired) electrons. The molecule has 0 heterocycles. The van der Waals surface area contributed by atoms with Crippen LogP contribution in [0.5, 0.6) is 5.75 Å². The first-order chi connectivity index (χ1) is 15.4. The van der Waals surface area contributed by atoms with Crippen molar-refractivity contribution in [2.75, 3.05) is 17.7 Å². The monoisotopic (exact) mass is 468 g/mol. The summed E-state index contributed by atoms with van der Waals surface area (Å²) in [6, 6.07) is 21.0. The Kier molecular flexibility index (Phi) is 8.29. The van der Waals surface area contributed by atoms with Gasteiger partial charge in [0.25, 0.3) is 0 Å². The molecule has 1 unspecified atom stereocenters. The fraction of sp³-hybridized carbons (Fsp3) is 0.174. The molecule has 3 rings (SSSR count). The summed E-state index contributed by atoms with van der Waals surface area (Å²) in [5.41, 5.74) is 6.63. The van der Waals surface area contributed by atoms with Gasteiger partial charge in [-0.2, -0.15) is 12.6 Å². The summed E-state index contributed by atoms with van der Waals surface area (Å²) in [6.45, 7) is 0. The highest BCUT2D eigenvalue weighted by molar-refractivity contribution is 7.81. The van der Waals surface area contributed by atoms with Crippen molar-refractivity contribution in [2.45, 2.75) is 18.2 Å². The van der Waals surface area contributed by atoms with E-state index in [1.807, 2.05) is 54.6 Å². The van der Waals surface area contributed by atoms with E-state index in [-0.39, 0.29) is 23.7 Å². The number of Topliss-reactive ketones (excluding diaryl/α,β-unsaturated/α-hetero) is 1. The van der Waals surface area contributed by atoms with E-state index >= 15 is 0 Å². The third-order valence-corrected chi connectivity index (χ3v) is 5.04. The molecule has 0 aliphatic carbocycles. The molecule has 32 heavy (non-hydrogen) atoms. The largest absolute Gasteiger partial charge is 0.497 e. The lowest BCUT2D eigenvalue weighted by Crippen LogP contribution is -2.44. The Morgan fingerprint density at radius 3 is 2.38 bits per heavy atom. The van der Waals surface area contributed by atoms with Crippen LogP contribution < -0.4 is 26.2 Å². The minimum absolute atomic E-state index is 0.0857. The van der Waals surface area contributed by atoms with E-state index in [1.165, 1.54) is 0 Å². The zero-order chi connectivity index (χ0) is 22.9. The number of carbonyl (C=O) groups is 2. The van der Waals surface area contributed by atoms with Gasteiger partial charge in [-0.05, 0) is 59.4 Å². The van der Waals surface area contributed by atoms with Gasteiger partial charge < -0.3 is 15.4 Å². The number of anilines is 2. The first kappa shape index (κ1) is 23.4. The number of ether oxygens (including phenoxy) is 1. The second-order valence-corrected chi connectivity index (χ2v) is 8.03. The zero-order valence-electron chi connectivity index (χ0n) is 17.4. The molecular formula is C23H24N4O3S2. The van der Waals surface area contributed by atoms with E-state index in [9.17, 15) is 9.59 Å². The Labute approximate surface area is 197 Å². The molecule has 0 bridgehead atoms. The maximum atomic E-state index is 12.2. The van der Waals surface area contributed by atoms with Gasteiger partial charge in [0.2, 0.25) is 5.91 Å². The molecule has 0 saturated carbocycles. The Morgan fingerprint density at radius 2 is 1.66 bits per heavy atom. The zero-order valence-corrected chi connectivity index (χ0v) is 19.1. The summed E-state index contributed by atoms with van der Waals surface area (Å²) in [5.74, 6) is 0.000826. The predicted molar refractivity (Wildman–Crippen MR) is 135 cm³/mol. The van der Waals surface area contributed by atoms with Crippen LogP contribution in [-0.4, -0.2) is 29.3 Å². The van der Waals surface area contributed by atoms with Gasteiger partial charge in [0.1, 0.15) is 11.5 Å². The minimum atomic E-state index is -0.484. The quantitative estimate of drug-likeness (QED) is 0.113. The normalized spacial score (nSPS) is 11.3. The van der Waals surface area contributed by atoms with Crippen LogP contribution in [0.3, 0.4) is 0 Å². The Hall–Kier alpha value is -3.30. The second-order valence-electron chi connectivity index (χ2n) is 7.00. The SMILES string of the molecule is COc1ccc(NC(S)CC(=O)CC(=O)NNC(=S)Nc2ccc3ccccc3c2)cc1. The van der Waals surface area contributed by atoms with Gasteiger partial charge in [-0.1, -0.05) is 30.3 Å². The molecule has 7 nitrogen and oxygen atoms in total. The summed E-state index contributed by atoms with van der Waals surface area (Å²) in [6.07, 6.45) is -0.199. The molecule has 0 aliphatic heterocycles. The van der Waals surface area contributed by atoms with Gasteiger partial charge in [0.15, 0.2) is 5.11 Å². The number of methoxy groups -OCH3 is 1. The fourth-order valence-electron chi connectivity index (χ4n) is 3.00. The van der Waals surface area contributed by atoms with Crippen LogP contribution in [0.25, 0.3) is 10.8 Å². The van der Waals surface area contributed by atoms with Crippen LogP contribution in [0.15, 0.2) is 66.7 Å². The molecule has 1 atom stereocenters. The van der Waals surface area contributed by atoms with Crippen LogP contribution >= 0.6 is 24.8 Å². The van der Waals surface area contributed by atoms with E-state index in [0.717, 1.165) is 27.9 Å². The molecule has 9 heteroatoms. The number of carbonyl (C=O) groups excluding carboxylic acids is 2. The lowest BCUT2D eigenvalue weighted by atomic mass is 10.1. The van der Waals surface area contributed by atoms with E-state index in [2.05, 4.69) is 34.1 Å². The standard InChI is InChI=1S/C23H24N4O3S2/c1-30-20-10-8-17(9-11-20)24-22(31)14-19(28)13-21(29)26-27-23(32)25-18-7-6-15-4-2-3-5-16(15)12-18/h2-12,22,24,31H,13-14H2,1H3,(H,26,29)(H2,25,27,32). The van der Waals surface area contributed by atoms with Crippen molar-refractivity contribution >= 4 is 63.8 Å². The maximum absolute atomic E-state index is 12.2. The number of hydrazine groups is 1. The number of benzene rings is 3. The summed E-state index contributed by atoms with van der Waals surface area (Å²) >= 11 is 9.58. The maximum Gasteiger partial charge on any atom is 0.245 e. The number of amides is 1. The molecule has 0 fully saturated rings. The highest BCUT2D eigenvalue weighted by Crippen LogP contribution is 2.19. The first-order valence-corrected chi connectivity index (χ1v) is 10.8. The Bertz CT molecular complexity index is 1110. The lowest BCUT2D eigenvalue weighted by Gasteiger charge is -2.15. The molecule has 0 saturated heterocycles. The van der Waals surface area contributed by atoms with Crippen LogP contribution in [0, 0.1) is 0 Å². The van der Waals surface area contributed by atoms with E-state index in [0.29, 0.717) is 0 Å². The van der Waals surface area contributed by atoms with Gasteiger partial charge in [-0.15, -0.1) is 0 Å². The van der Waals surface area contributed by atoms with Crippen molar-refractivity contribution in [1.29, 1.82) is 0 Å². The van der Waals surface area contributed by atoms with E-state index in [4.69, 9.17) is 17.0 Å². The van der Waals surface area contributed by atoms with Crippen LogP contribution in [0.4, 0.5) is 11.4 Å². The molecular weight excluding hydrogens is 444 g/mol. The fourth-order valence-corrected chi connectivity index (χ4v) is 3.52. The summed E-state index contributed by atoms with van der Waals surface area (Å²) in [7, 11) is 1.59. The van der Waals surface area contributed by atoms with Gasteiger partial charge >= 0.3 is 0 Å². The molecule has 166 valence electrons. The molecule has 4 N–H and O–H groups in total. The minimum Gasteiger partial charge on any atom is -0.497 e. The molecule has 3 aromatic rings. The molecule has 3 aromatic carbocycles. The number of rotatable bonds is 8. The summed E-state index contributed by atoms with van der Waals surface area (Å²) in [5, 5.41) is 8.08.